The molecule has 0 fully saturated rings. The Morgan fingerprint density at radius 1 is 0.692 bits per heavy atom. The fraction of sp³-hybridized carbons (Fsp3) is 0.500. The molecule has 0 unspecified atom stereocenters. The Hall–Kier alpha value is -1.10. The van der Waals surface area contributed by atoms with Gasteiger partial charge in [-0.2, -0.15) is 0 Å². The zero-order valence-corrected chi connectivity index (χ0v) is 9.85. The summed E-state index contributed by atoms with van der Waals surface area (Å²) in [7, 11) is -1.37. The van der Waals surface area contributed by atoms with Crippen LogP contribution in [0.5, 0.6) is 0 Å². The molecule has 0 rings (SSSR count). The van der Waals surface area contributed by atoms with Crippen LogP contribution in [0.2, 0.25) is 0 Å². The molecule has 0 amide bonds. The monoisotopic (exact) mass is 188 g/mol. The molecular formula is C12H16Si. The maximum Gasteiger partial charge on any atom is 0.276 e. The van der Waals surface area contributed by atoms with Crippen molar-refractivity contribution in [3.63, 3.8) is 0 Å². The number of hydrogen-bond acceptors (Lipinski definition) is 0. The summed E-state index contributed by atoms with van der Waals surface area (Å²) in [6.07, 6.45) is 2.72. The van der Waals surface area contributed by atoms with Crippen LogP contribution in [-0.4, -0.2) is 8.80 Å². The second-order valence-corrected chi connectivity index (χ2v) is 4.19. The molecule has 0 heterocycles. The Morgan fingerprint density at radius 3 is 1.23 bits per heavy atom. The third-order valence-corrected chi connectivity index (χ3v) is 2.75. The average molecular weight is 188 g/mol. The molecule has 0 aliphatic heterocycles. The van der Waals surface area contributed by atoms with Gasteiger partial charge in [0.1, 0.15) is 0 Å². The second kappa shape index (κ2) is 8.99. The Bertz CT molecular complexity index is 243. The van der Waals surface area contributed by atoms with E-state index in [2.05, 4.69) is 55.2 Å². The number of hydrogen-bond donors (Lipinski definition) is 0. The van der Waals surface area contributed by atoms with Gasteiger partial charge in [-0.3, -0.25) is 0 Å². The molecule has 0 spiro atoms. The highest BCUT2D eigenvalue weighted by Gasteiger charge is 1.95. The smallest absolute Gasteiger partial charge is 0.109 e. The summed E-state index contributed by atoms with van der Waals surface area (Å²) in [5, 5.41) is 0. The van der Waals surface area contributed by atoms with E-state index in [-0.39, 0.29) is 0 Å². The van der Waals surface area contributed by atoms with Gasteiger partial charge in [-0.25, -0.2) is 0 Å². The van der Waals surface area contributed by atoms with E-state index >= 15 is 0 Å². The van der Waals surface area contributed by atoms with Crippen molar-refractivity contribution in [3.8, 4) is 34.4 Å². The first kappa shape index (κ1) is 11.9. The van der Waals surface area contributed by atoms with Crippen LogP contribution in [-0.2, 0) is 0 Å². The van der Waals surface area contributed by atoms with Crippen molar-refractivity contribution in [1.82, 2.24) is 0 Å². The SMILES string of the molecule is CCC#C[SiH](C#CCC)C#CCC. The van der Waals surface area contributed by atoms with Crippen LogP contribution in [0.1, 0.15) is 40.0 Å². The van der Waals surface area contributed by atoms with Crippen LogP contribution < -0.4 is 0 Å². The molecule has 1 heteroatoms. The van der Waals surface area contributed by atoms with Gasteiger partial charge in [0.05, 0.1) is 0 Å². The molecule has 0 aliphatic rings. The number of rotatable bonds is 0. The normalized spacial score (nSPS) is 7.38. The van der Waals surface area contributed by atoms with Crippen LogP contribution in [0.15, 0.2) is 0 Å². The Morgan fingerprint density at radius 2 is 1.00 bits per heavy atom. The van der Waals surface area contributed by atoms with Crippen molar-refractivity contribution in [1.29, 1.82) is 0 Å². The first-order chi connectivity index (χ1) is 6.35. The standard InChI is InChI=1S/C12H16Si/c1-4-7-10-13(11-8-5-2)12-9-6-3/h13H,4-6H2,1-3H3. The summed E-state index contributed by atoms with van der Waals surface area (Å²) in [5.41, 5.74) is 9.54. The highest BCUT2D eigenvalue weighted by atomic mass is 28.3. The molecule has 0 bridgehead atoms. The fourth-order valence-corrected chi connectivity index (χ4v) is 2.16. The van der Waals surface area contributed by atoms with Crippen molar-refractivity contribution in [2.75, 3.05) is 0 Å². The van der Waals surface area contributed by atoms with E-state index in [0.717, 1.165) is 19.3 Å². The lowest BCUT2D eigenvalue weighted by molar-refractivity contribution is 1.28. The highest BCUT2D eigenvalue weighted by molar-refractivity contribution is 6.82. The Labute approximate surface area is 83.7 Å². The Kier molecular flexibility index (Phi) is 8.23. The maximum atomic E-state index is 3.18. The van der Waals surface area contributed by atoms with Crippen molar-refractivity contribution in [2.24, 2.45) is 0 Å². The van der Waals surface area contributed by atoms with Gasteiger partial charge in [-0.15, -0.1) is 34.4 Å². The molecule has 0 N–H and O–H groups in total. The van der Waals surface area contributed by atoms with Crippen LogP contribution >= 0.6 is 0 Å². The summed E-state index contributed by atoms with van der Waals surface area (Å²) in [6.45, 7) is 6.16. The van der Waals surface area contributed by atoms with Gasteiger partial charge >= 0.3 is 0 Å². The van der Waals surface area contributed by atoms with Gasteiger partial charge in [0.15, 0.2) is 0 Å². The largest absolute Gasteiger partial charge is 0.276 e. The zero-order chi connectivity index (χ0) is 9.94. The minimum absolute atomic E-state index is 0.908. The summed E-state index contributed by atoms with van der Waals surface area (Å²) in [5.74, 6) is 9.22. The molecule has 0 radical (unpaired) electrons. The maximum absolute atomic E-state index is 3.18. The molecule has 0 aromatic heterocycles. The van der Waals surface area contributed by atoms with Crippen LogP contribution in [0.25, 0.3) is 0 Å². The molecule has 13 heavy (non-hydrogen) atoms. The van der Waals surface area contributed by atoms with Gasteiger partial charge in [0.25, 0.3) is 8.80 Å². The molecule has 0 aliphatic carbocycles. The molecule has 0 atom stereocenters. The quantitative estimate of drug-likeness (QED) is 0.403. The van der Waals surface area contributed by atoms with Gasteiger partial charge in [-0.05, 0) is 0 Å². The Balaban J connectivity index is 4.36. The van der Waals surface area contributed by atoms with E-state index in [0.29, 0.717) is 0 Å². The second-order valence-electron chi connectivity index (χ2n) is 2.46. The van der Waals surface area contributed by atoms with Crippen molar-refractivity contribution >= 4 is 8.80 Å². The first-order valence-electron chi connectivity index (χ1n) is 4.80. The lowest BCUT2D eigenvalue weighted by Crippen LogP contribution is -2.04. The van der Waals surface area contributed by atoms with Gasteiger partial charge in [-0.1, -0.05) is 20.8 Å². The lowest BCUT2D eigenvalue weighted by atomic mass is 10.5. The van der Waals surface area contributed by atoms with E-state index in [4.69, 9.17) is 0 Å². The van der Waals surface area contributed by atoms with E-state index in [9.17, 15) is 0 Å². The van der Waals surface area contributed by atoms with Crippen LogP contribution in [0.3, 0.4) is 0 Å². The van der Waals surface area contributed by atoms with E-state index < -0.39 is 8.80 Å². The molecule has 0 aromatic carbocycles. The molecule has 0 saturated carbocycles. The summed E-state index contributed by atoms with van der Waals surface area (Å²) in [4.78, 5) is 0. The van der Waals surface area contributed by atoms with Gasteiger partial charge in [0.2, 0.25) is 0 Å². The predicted molar refractivity (Wildman–Crippen MR) is 61.4 cm³/mol. The lowest BCUT2D eigenvalue weighted by Gasteiger charge is -1.85. The van der Waals surface area contributed by atoms with Gasteiger partial charge in [0, 0.05) is 19.3 Å². The third-order valence-electron chi connectivity index (χ3n) is 1.27. The van der Waals surface area contributed by atoms with Crippen molar-refractivity contribution in [3.05, 3.63) is 0 Å². The van der Waals surface area contributed by atoms with E-state index in [1.807, 2.05) is 0 Å². The highest BCUT2D eigenvalue weighted by Crippen LogP contribution is 1.80. The molecule has 0 saturated heterocycles. The topological polar surface area (TPSA) is 0 Å². The molecular weight excluding hydrogens is 172 g/mol. The van der Waals surface area contributed by atoms with Crippen molar-refractivity contribution < 1.29 is 0 Å². The first-order valence-corrected chi connectivity index (χ1v) is 6.53. The minimum Gasteiger partial charge on any atom is -0.109 e. The van der Waals surface area contributed by atoms with Crippen molar-refractivity contribution in [2.45, 2.75) is 40.0 Å². The summed E-state index contributed by atoms with van der Waals surface area (Å²) in [6, 6.07) is 0. The third kappa shape index (κ3) is 7.26. The molecule has 0 aromatic rings. The van der Waals surface area contributed by atoms with Gasteiger partial charge < -0.3 is 0 Å². The van der Waals surface area contributed by atoms with Crippen LogP contribution in [0.4, 0.5) is 0 Å². The predicted octanol–water partition coefficient (Wildman–Crippen LogP) is 2.07. The van der Waals surface area contributed by atoms with E-state index in [1.165, 1.54) is 0 Å². The minimum atomic E-state index is -1.37. The van der Waals surface area contributed by atoms with E-state index in [1.54, 1.807) is 0 Å². The average Bonchev–Trinajstić information content (AvgIpc) is 2.17. The van der Waals surface area contributed by atoms with Crippen LogP contribution in [0, 0.1) is 34.4 Å². The summed E-state index contributed by atoms with van der Waals surface area (Å²) >= 11 is 0. The molecule has 0 nitrogen and oxygen atoms in total. The fourth-order valence-electron chi connectivity index (χ4n) is 0.721. The zero-order valence-electron chi connectivity index (χ0n) is 8.70. The summed E-state index contributed by atoms with van der Waals surface area (Å²) < 4.78 is 0. The molecule has 68 valence electrons.